The summed E-state index contributed by atoms with van der Waals surface area (Å²) in [6.45, 7) is 0.582. The van der Waals surface area contributed by atoms with Crippen molar-refractivity contribution >= 4 is 17.1 Å². The molecule has 0 unspecified atom stereocenters. The van der Waals surface area contributed by atoms with Crippen molar-refractivity contribution in [3.05, 3.63) is 86.8 Å². The molecular weight excluding hydrogens is 436 g/mol. The fourth-order valence-corrected chi connectivity index (χ4v) is 4.15. The molecule has 9 nitrogen and oxygen atoms in total. The Kier molecular flexibility index (Phi) is 5.53. The summed E-state index contributed by atoms with van der Waals surface area (Å²) in [5.41, 5.74) is 1.37. The van der Waals surface area contributed by atoms with Gasteiger partial charge in [-0.15, -0.1) is 0 Å². The first-order valence-corrected chi connectivity index (χ1v) is 11.0. The first-order chi connectivity index (χ1) is 16.5. The number of ether oxygens (including phenoxy) is 2. The van der Waals surface area contributed by atoms with Gasteiger partial charge in [0.1, 0.15) is 5.75 Å². The lowest BCUT2D eigenvalue weighted by atomic mass is 10.1. The van der Waals surface area contributed by atoms with E-state index in [9.17, 15) is 14.4 Å². The van der Waals surface area contributed by atoms with Crippen molar-refractivity contribution in [3.8, 4) is 11.4 Å². The number of hydrogen-bond acceptors (Lipinski definition) is 6. The molecule has 0 saturated heterocycles. The van der Waals surface area contributed by atoms with Crippen LogP contribution in [0, 0.1) is 5.92 Å². The Labute approximate surface area is 194 Å². The SMILES string of the molecule is COC(=O)c1ccccc1Cn1cnc2c1c(=O)n(CC1CC1)c(=O)n2-c1cccc(OC)c1. The Morgan fingerprint density at radius 1 is 1.09 bits per heavy atom. The van der Waals surface area contributed by atoms with Crippen LogP contribution < -0.4 is 16.0 Å². The summed E-state index contributed by atoms with van der Waals surface area (Å²) in [5.74, 6) is 0.446. The van der Waals surface area contributed by atoms with Crippen molar-refractivity contribution in [2.24, 2.45) is 5.92 Å². The van der Waals surface area contributed by atoms with Crippen LogP contribution >= 0.6 is 0 Å². The third kappa shape index (κ3) is 3.79. The molecule has 2 aromatic heterocycles. The number of carbonyl (C=O) groups is 1. The van der Waals surface area contributed by atoms with Crippen LogP contribution in [0.15, 0.2) is 64.4 Å². The van der Waals surface area contributed by atoms with Gasteiger partial charge in [-0.25, -0.2) is 19.1 Å². The van der Waals surface area contributed by atoms with Crippen molar-refractivity contribution in [1.29, 1.82) is 0 Å². The van der Waals surface area contributed by atoms with E-state index in [4.69, 9.17) is 9.47 Å². The van der Waals surface area contributed by atoms with Crippen molar-refractivity contribution in [2.45, 2.75) is 25.9 Å². The third-order valence-electron chi connectivity index (χ3n) is 6.11. The maximum absolute atomic E-state index is 13.5. The monoisotopic (exact) mass is 460 g/mol. The van der Waals surface area contributed by atoms with Crippen LogP contribution in [0.2, 0.25) is 0 Å². The minimum absolute atomic E-state index is 0.219. The Morgan fingerprint density at radius 2 is 1.88 bits per heavy atom. The van der Waals surface area contributed by atoms with Crippen LogP contribution in [0.5, 0.6) is 5.75 Å². The van der Waals surface area contributed by atoms with E-state index in [0.29, 0.717) is 40.5 Å². The van der Waals surface area contributed by atoms with Crippen LogP contribution in [0.25, 0.3) is 16.9 Å². The number of nitrogens with zero attached hydrogens (tertiary/aromatic N) is 4. The fraction of sp³-hybridized carbons (Fsp3) is 0.280. The molecule has 4 aromatic rings. The highest BCUT2D eigenvalue weighted by molar-refractivity contribution is 5.91. The van der Waals surface area contributed by atoms with Crippen LogP contribution in [-0.4, -0.2) is 38.9 Å². The van der Waals surface area contributed by atoms with Crippen LogP contribution in [-0.2, 0) is 17.8 Å². The molecule has 1 aliphatic rings. The predicted molar refractivity (Wildman–Crippen MR) is 126 cm³/mol. The van der Waals surface area contributed by atoms with Gasteiger partial charge in [-0.05, 0) is 42.5 Å². The van der Waals surface area contributed by atoms with Gasteiger partial charge in [0.15, 0.2) is 11.2 Å². The van der Waals surface area contributed by atoms with Crippen LogP contribution in [0.1, 0.15) is 28.8 Å². The number of aromatic nitrogens is 4. The number of carbonyl (C=O) groups excluding carboxylic acids is 1. The quantitative estimate of drug-likeness (QED) is 0.393. The normalized spacial score (nSPS) is 13.2. The van der Waals surface area contributed by atoms with Crippen molar-refractivity contribution < 1.29 is 14.3 Å². The summed E-state index contributed by atoms with van der Waals surface area (Å²) in [4.78, 5) is 43.7. The minimum atomic E-state index is -0.459. The zero-order chi connectivity index (χ0) is 23.8. The molecule has 0 atom stereocenters. The Bertz CT molecular complexity index is 1510. The molecule has 2 heterocycles. The topological polar surface area (TPSA) is 97.4 Å². The standard InChI is InChI=1S/C25H24N4O5/c1-33-19-8-5-7-18(12-19)29-22-21(23(30)28(25(29)32)13-16-10-11-16)27(15-26-22)14-17-6-3-4-9-20(17)24(31)34-2/h3-9,12,15-16H,10-11,13-14H2,1-2H3. The summed E-state index contributed by atoms with van der Waals surface area (Å²) in [7, 11) is 2.88. The highest BCUT2D eigenvalue weighted by Gasteiger charge is 2.26. The molecule has 0 spiro atoms. The van der Waals surface area contributed by atoms with Gasteiger partial charge >= 0.3 is 11.7 Å². The molecule has 0 radical (unpaired) electrons. The molecule has 0 aliphatic heterocycles. The van der Waals surface area contributed by atoms with E-state index in [0.717, 1.165) is 12.8 Å². The predicted octanol–water partition coefficient (Wildman–Crippen LogP) is 2.60. The molecule has 1 fully saturated rings. The molecule has 0 amide bonds. The number of hydrogen-bond donors (Lipinski definition) is 0. The van der Waals surface area contributed by atoms with Crippen molar-refractivity contribution in [2.75, 3.05) is 14.2 Å². The number of esters is 1. The summed E-state index contributed by atoms with van der Waals surface area (Å²) >= 11 is 0. The second kappa shape index (κ2) is 8.66. The van der Waals surface area contributed by atoms with Crippen LogP contribution in [0.4, 0.5) is 0 Å². The van der Waals surface area contributed by atoms with E-state index in [1.807, 2.05) is 6.07 Å². The second-order valence-electron chi connectivity index (χ2n) is 8.37. The number of imidazole rings is 1. The van der Waals surface area contributed by atoms with E-state index in [2.05, 4.69) is 4.98 Å². The number of benzene rings is 2. The van der Waals surface area contributed by atoms with E-state index in [1.165, 1.54) is 22.6 Å². The maximum Gasteiger partial charge on any atom is 0.338 e. The Balaban J connectivity index is 1.73. The number of rotatable bonds is 7. The summed E-state index contributed by atoms with van der Waals surface area (Å²) < 4.78 is 14.7. The maximum atomic E-state index is 13.5. The molecule has 0 N–H and O–H groups in total. The zero-order valence-electron chi connectivity index (χ0n) is 18.9. The minimum Gasteiger partial charge on any atom is -0.497 e. The van der Waals surface area contributed by atoms with Gasteiger partial charge < -0.3 is 14.0 Å². The average molecular weight is 460 g/mol. The zero-order valence-corrected chi connectivity index (χ0v) is 18.9. The average Bonchev–Trinajstić information content (AvgIpc) is 3.60. The molecule has 1 saturated carbocycles. The van der Waals surface area contributed by atoms with Gasteiger partial charge in [-0.2, -0.15) is 0 Å². The first-order valence-electron chi connectivity index (χ1n) is 11.0. The first kappa shape index (κ1) is 21.7. The van der Waals surface area contributed by atoms with Gasteiger partial charge in [-0.1, -0.05) is 24.3 Å². The fourth-order valence-electron chi connectivity index (χ4n) is 4.15. The Morgan fingerprint density at radius 3 is 2.62 bits per heavy atom. The third-order valence-corrected chi connectivity index (χ3v) is 6.11. The highest BCUT2D eigenvalue weighted by atomic mass is 16.5. The molecular formula is C25H24N4O5. The molecule has 9 heteroatoms. The number of methoxy groups -OCH3 is 2. The van der Waals surface area contributed by atoms with Gasteiger partial charge in [-0.3, -0.25) is 9.36 Å². The van der Waals surface area contributed by atoms with Gasteiger partial charge in [0.05, 0.1) is 38.3 Å². The lowest BCUT2D eigenvalue weighted by Gasteiger charge is -2.14. The summed E-state index contributed by atoms with van der Waals surface area (Å²) in [6, 6.07) is 14.1. The van der Waals surface area contributed by atoms with E-state index in [-0.39, 0.29) is 17.8 Å². The number of fused-ring (bicyclic) bond motifs is 1. The van der Waals surface area contributed by atoms with Crippen molar-refractivity contribution in [3.63, 3.8) is 0 Å². The summed E-state index contributed by atoms with van der Waals surface area (Å²) in [6.07, 6.45) is 3.52. The summed E-state index contributed by atoms with van der Waals surface area (Å²) in [5, 5.41) is 0. The van der Waals surface area contributed by atoms with E-state index < -0.39 is 11.7 Å². The van der Waals surface area contributed by atoms with Crippen molar-refractivity contribution in [1.82, 2.24) is 18.7 Å². The van der Waals surface area contributed by atoms with Gasteiger partial charge in [0.25, 0.3) is 5.56 Å². The smallest absolute Gasteiger partial charge is 0.338 e. The lowest BCUT2D eigenvalue weighted by molar-refractivity contribution is 0.0599. The molecule has 174 valence electrons. The highest BCUT2D eigenvalue weighted by Crippen LogP contribution is 2.30. The van der Waals surface area contributed by atoms with Gasteiger partial charge in [0, 0.05) is 12.6 Å². The van der Waals surface area contributed by atoms with Crippen LogP contribution in [0.3, 0.4) is 0 Å². The second-order valence-corrected chi connectivity index (χ2v) is 8.37. The molecule has 0 bridgehead atoms. The molecule has 1 aliphatic carbocycles. The molecule has 2 aromatic carbocycles. The molecule has 5 rings (SSSR count). The van der Waals surface area contributed by atoms with Gasteiger partial charge in [0.2, 0.25) is 0 Å². The van der Waals surface area contributed by atoms with E-state index in [1.54, 1.807) is 54.1 Å². The Hall–Kier alpha value is -4.14. The molecule has 34 heavy (non-hydrogen) atoms. The lowest BCUT2D eigenvalue weighted by Crippen LogP contribution is -2.40. The van der Waals surface area contributed by atoms with E-state index >= 15 is 0 Å². The largest absolute Gasteiger partial charge is 0.497 e.